The van der Waals surface area contributed by atoms with Gasteiger partial charge >= 0.3 is 0 Å². The molecule has 0 unspecified atom stereocenters. The zero-order valence-electron chi connectivity index (χ0n) is 12.2. The summed E-state index contributed by atoms with van der Waals surface area (Å²) >= 11 is 8.66. The van der Waals surface area contributed by atoms with Gasteiger partial charge in [-0.2, -0.15) is 5.26 Å². The maximum atomic E-state index is 12.4. The summed E-state index contributed by atoms with van der Waals surface area (Å²) in [5, 5.41) is 9.14. The number of thiocarbonyl (C=S) groups is 1. The molecule has 0 bridgehead atoms. The third kappa shape index (κ3) is 3.13. The van der Waals surface area contributed by atoms with E-state index in [0.29, 0.717) is 28.7 Å². The quantitative estimate of drug-likeness (QED) is 0.594. The number of carbonyl (C=O) groups excluding carboxylic acids is 1. The largest absolute Gasteiger partial charge is 0.478 e. The maximum absolute atomic E-state index is 12.4. The van der Waals surface area contributed by atoms with Crippen LogP contribution in [0.3, 0.4) is 0 Å². The monoisotopic (exact) mass is 379 g/mol. The van der Waals surface area contributed by atoms with Crippen LogP contribution in [0.1, 0.15) is 12.5 Å². The Morgan fingerprint density at radius 1 is 1.50 bits per heavy atom. The van der Waals surface area contributed by atoms with Crippen molar-refractivity contribution < 1.29 is 9.53 Å². The third-order valence-electron chi connectivity index (χ3n) is 3.22. The number of amides is 1. The van der Waals surface area contributed by atoms with Gasteiger partial charge in [0.2, 0.25) is 0 Å². The molecule has 0 saturated carbocycles. The molecule has 1 heterocycles. The van der Waals surface area contributed by atoms with Gasteiger partial charge in [-0.1, -0.05) is 15.9 Å². The van der Waals surface area contributed by atoms with Crippen molar-refractivity contribution in [3.8, 4) is 11.8 Å². The fraction of sp³-hybridized carbons (Fsp3) is 0.267. The fourth-order valence-electron chi connectivity index (χ4n) is 2.11. The Morgan fingerprint density at radius 2 is 2.23 bits per heavy atom. The van der Waals surface area contributed by atoms with E-state index in [9.17, 15) is 4.79 Å². The van der Waals surface area contributed by atoms with Crippen molar-refractivity contribution in [1.29, 1.82) is 5.26 Å². The van der Waals surface area contributed by atoms with E-state index in [1.165, 1.54) is 4.90 Å². The molecular formula is C15H14BrN3O2S. The molecular weight excluding hydrogens is 366 g/mol. The minimum absolute atomic E-state index is 0.0545. The summed E-state index contributed by atoms with van der Waals surface area (Å²) in [5.41, 5.74) is 1.19. The number of hydrogen-bond donors (Lipinski definition) is 0. The zero-order chi connectivity index (χ0) is 16.3. The highest BCUT2D eigenvalue weighted by Gasteiger charge is 2.34. The summed E-state index contributed by atoms with van der Waals surface area (Å²) in [4.78, 5) is 15.6. The van der Waals surface area contributed by atoms with Crippen LogP contribution in [0.4, 0.5) is 0 Å². The molecule has 0 aromatic heterocycles. The number of hydrogen-bond acceptors (Lipinski definition) is 4. The number of halogens is 1. The Kier molecular flexibility index (Phi) is 5.16. The van der Waals surface area contributed by atoms with Crippen LogP contribution in [0.15, 0.2) is 28.4 Å². The molecule has 0 spiro atoms. The van der Waals surface area contributed by atoms with Gasteiger partial charge in [0.25, 0.3) is 5.91 Å². The van der Waals surface area contributed by atoms with Gasteiger partial charge in [0.15, 0.2) is 11.7 Å². The maximum Gasteiger partial charge on any atom is 0.276 e. The summed E-state index contributed by atoms with van der Waals surface area (Å²) in [6.07, 6.45) is 1.72. The molecule has 0 N–H and O–H groups in total. The first kappa shape index (κ1) is 16.5. The fourth-order valence-corrected chi connectivity index (χ4v) is 2.80. The van der Waals surface area contributed by atoms with E-state index in [2.05, 4.69) is 15.9 Å². The highest BCUT2D eigenvalue weighted by Crippen LogP contribution is 2.28. The van der Waals surface area contributed by atoms with E-state index >= 15 is 0 Å². The molecule has 1 aliphatic heterocycles. The molecule has 7 heteroatoms. The normalized spacial score (nSPS) is 16.4. The lowest BCUT2D eigenvalue weighted by atomic mass is 10.1. The molecule has 0 atom stereocenters. The first-order valence-electron chi connectivity index (χ1n) is 6.60. The van der Waals surface area contributed by atoms with Crippen LogP contribution in [-0.2, 0) is 4.79 Å². The molecule has 114 valence electrons. The lowest BCUT2D eigenvalue weighted by Crippen LogP contribution is -2.30. The second-order valence-corrected chi connectivity index (χ2v) is 5.83. The van der Waals surface area contributed by atoms with Crippen molar-refractivity contribution in [1.82, 2.24) is 9.80 Å². The number of benzene rings is 1. The van der Waals surface area contributed by atoms with E-state index in [1.807, 2.05) is 25.1 Å². The Bertz CT molecular complexity index is 697. The Morgan fingerprint density at radius 3 is 2.82 bits per heavy atom. The van der Waals surface area contributed by atoms with Crippen molar-refractivity contribution in [2.75, 3.05) is 20.2 Å². The molecule has 1 aliphatic rings. The number of rotatable bonds is 4. The molecule has 0 radical (unpaired) electrons. The first-order chi connectivity index (χ1) is 10.5. The lowest BCUT2D eigenvalue weighted by molar-refractivity contribution is -0.122. The predicted molar refractivity (Wildman–Crippen MR) is 91.0 cm³/mol. The Balaban J connectivity index is 2.44. The third-order valence-corrected chi connectivity index (χ3v) is 4.20. The summed E-state index contributed by atoms with van der Waals surface area (Å²) in [7, 11) is 1.76. The molecule has 1 saturated heterocycles. The summed E-state index contributed by atoms with van der Waals surface area (Å²) in [6.45, 7) is 2.35. The van der Waals surface area contributed by atoms with Gasteiger partial charge in [0, 0.05) is 23.6 Å². The molecule has 1 aromatic carbocycles. The SMILES string of the molecule is CCN1C(=O)/C(=C/c2cc(Br)ccc2OCC#N)N(C)C1=S. The Labute approximate surface area is 142 Å². The summed E-state index contributed by atoms with van der Waals surface area (Å²) in [5.74, 6) is 0.403. The van der Waals surface area contributed by atoms with Crippen molar-refractivity contribution in [2.45, 2.75) is 6.92 Å². The molecule has 5 nitrogen and oxygen atoms in total. The van der Waals surface area contributed by atoms with Crippen LogP contribution >= 0.6 is 28.1 Å². The van der Waals surface area contributed by atoms with E-state index in [0.717, 1.165) is 4.47 Å². The zero-order valence-corrected chi connectivity index (χ0v) is 14.6. The summed E-state index contributed by atoms with van der Waals surface area (Å²) < 4.78 is 6.25. The van der Waals surface area contributed by atoms with Crippen LogP contribution in [0.25, 0.3) is 6.08 Å². The van der Waals surface area contributed by atoms with Crippen LogP contribution in [0.5, 0.6) is 5.75 Å². The molecule has 1 aromatic rings. The average molecular weight is 380 g/mol. The van der Waals surface area contributed by atoms with Gasteiger partial charge in [-0.15, -0.1) is 0 Å². The minimum atomic E-state index is -0.138. The van der Waals surface area contributed by atoms with Gasteiger partial charge in [0.05, 0.1) is 0 Å². The number of ether oxygens (including phenoxy) is 1. The molecule has 1 fully saturated rings. The number of nitriles is 1. The van der Waals surface area contributed by atoms with Gasteiger partial charge in [-0.25, -0.2) is 0 Å². The molecule has 22 heavy (non-hydrogen) atoms. The van der Waals surface area contributed by atoms with Crippen LogP contribution in [0, 0.1) is 11.3 Å². The highest BCUT2D eigenvalue weighted by molar-refractivity contribution is 9.10. The second-order valence-electron chi connectivity index (χ2n) is 4.55. The van der Waals surface area contributed by atoms with Crippen molar-refractivity contribution in [3.05, 3.63) is 33.9 Å². The van der Waals surface area contributed by atoms with Crippen LogP contribution in [0.2, 0.25) is 0 Å². The molecule has 1 amide bonds. The standard InChI is InChI=1S/C15H14BrN3O2S/c1-3-19-14(20)12(18(2)15(19)22)9-10-8-11(16)4-5-13(10)21-7-6-17/h4-5,8-9H,3,7H2,1-2H3/b12-9-. The first-order valence-corrected chi connectivity index (χ1v) is 7.80. The number of likely N-dealkylation sites (N-methyl/N-ethyl adjacent to an activating group) is 2. The molecule has 0 aliphatic carbocycles. The van der Waals surface area contributed by atoms with E-state index in [4.69, 9.17) is 22.2 Å². The van der Waals surface area contributed by atoms with Gasteiger partial charge in [-0.05, 0) is 43.4 Å². The molecule has 2 rings (SSSR count). The van der Waals surface area contributed by atoms with Crippen molar-refractivity contribution >= 4 is 45.2 Å². The van der Waals surface area contributed by atoms with E-state index in [-0.39, 0.29) is 12.5 Å². The topological polar surface area (TPSA) is 56.6 Å². The van der Waals surface area contributed by atoms with E-state index < -0.39 is 0 Å². The van der Waals surface area contributed by atoms with Crippen LogP contribution in [-0.4, -0.2) is 41.0 Å². The van der Waals surface area contributed by atoms with Crippen molar-refractivity contribution in [3.63, 3.8) is 0 Å². The minimum Gasteiger partial charge on any atom is -0.478 e. The van der Waals surface area contributed by atoms with E-state index in [1.54, 1.807) is 24.1 Å². The average Bonchev–Trinajstić information content (AvgIpc) is 2.70. The Hall–Kier alpha value is -1.91. The number of carbonyl (C=O) groups is 1. The van der Waals surface area contributed by atoms with Crippen LogP contribution < -0.4 is 4.74 Å². The highest BCUT2D eigenvalue weighted by atomic mass is 79.9. The predicted octanol–water partition coefficient (Wildman–Crippen LogP) is 2.77. The smallest absolute Gasteiger partial charge is 0.276 e. The summed E-state index contributed by atoms with van der Waals surface area (Å²) in [6, 6.07) is 7.33. The van der Waals surface area contributed by atoms with Gasteiger partial charge in [0.1, 0.15) is 17.5 Å². The van der Waals surface area contributed by atoms with Gasteiger partial charge < -0.3 is 9.64 Å². The van der Waals surface area contributed by atoms with Gasteiger partial charge in [-0.3, -0.25) is 9.69 Å². The number of nitrogens with zero attached hydrogens (tertiary/aromatic N) is 3. The van der Waals surface area contributed by atoms with Crippen molar-refractivity contribution in [2.24, 2.45) is 0 Å². The second kappa shape index (κ2) is 6.90. The lowest BCUT2D eigenvalue weighted by Gasteiger charge is -2.13.